The predicted molar refractivity (Wildman–Crippen MR) is 90.4 cm³/mol. The molecule has 2 amide bonds. The number of pyridine rings is 1. The van der Waals surface area contributed by atoms with Crippen molar-refractivity contribution in [2.75, 3.05) is 26.7 Å². The summed E-state index contributed by atoms with van der Waals surface area (Å²) in [7, 11) is 1.77. The summed E-state index contributed by atoms with van der Waals surface area (Å²) in [6.07, 6.45) is 4.20. The Morgan fingerprint density at radius 3 is 3.00 bits per heavy atom. The number of rotatable bonds is 2. The van der Waals surface area contributed by atoms with E-state index < -0.39 is 0 Å². The standard InChI is InChI=1S/C18H22N4O2/c1-21-10-14(9-16(21)23)18(24)22-7-3-5-13(11-22)15-8-12-4-2-6-19-17(12)20-15/h2,4,6,8,13-14H,3,5,7,9-11H2,1H3,(H,19,20)/t13-,14+/m1/s1. The van der Waals surface area contributed by atoms with E-state index in [0.717, 1.165) is 42.7 Å². The lowest BCUT2D eigenvalue weighted by Gasteiger charge is -2.33. The van der Waals surface area contributed by atoms with Crippen LogP contribution in [0.5, 0.6) is 0 Å². The summed E-state index contributed by atoms with van der Waals surface area (Å²) in [5.41, 5.74) is 2.06. The Kier molecular flexibility index (Phi) is 3.75. The minimum absolute atomic E-state index is 0.0728. The molecule has 126 valence electrons. The topological polar surface area (TPSA) is 69.3 Å². The molecule has 2 saturated heterocycles. The lowest BCUT2D eigenvalue weighted by Crippen LogP contribution is -2.43. The molecular formula is C18H22N4O2. The largest absolute Gasteiger partial charge is 0.345 e. The normalized spacial score (nSPS) is 24.8. The smallest absolute Gasteiger partial charge is 0.228 e. The maximum Gasteiger partial charge on any atom is 0.228 e. The summed E-state index contributed by atoms with van der Waals surface area (Å²) in [6, 6.07) is 6.13. The molecule has 0 aliphatic carbocycles. The molecule has 2 fully saturated rings. The molecule has 24 heavy (non-hydrogen) atoms. The highest BCUT2D eigenvalue weighted by atomic mass is 16.2. The number of hydrogen-bond acceptors (Lipinski definition) is 3. The Labute approximate surface area is 140 Å². The van der Waals surface area contributed by atoms with Crippen LogP contribution in [-0.2, 0) is 9.59 Å². The van der Waals surface area contributed by atoms with E-state index >= 15 is 0 Å². The molecule has 2 atom stereocenters. The highest BCUT2D eigenvalue weighted by Crippen LogP contribution is 2.30. The third-order valence-corrected chi connectivity index (χ3v) is 5.28. The number of fused-ring (bicyclic) bond motifs is 1. The molecule has 2 aromatic heterocycles. The monoisotopic (exact) mass is 326 g/mol. The highest BCUT2D eigenvalue weighted by molar-refractivity contribution is 5.89. The molecule has 2 aliphatic heterocycles. The second kappa shape index (κ2) is 5.92. The number of hydrogen-bond donors (Lipinski definition) is 1. The van der Waals surface area contributed by atoms with Gasteiger partial charge in [-0.15, -0.1) is 0 Å². The molecule has 2 aromatic rings. The number of carbonyl (C=O) groups is 2. The summed E-state index contributed by atoms with van der Waals surface area (Å²) in [5.74, 6) is 0.340. The number of piperidine rings is 1. The number of likely N-dealkylation sites (tertiary alicyclic amines) is 2. The van der Waals surface area contributed by atoms with Crippen molar-refractivity contribution in [2.45, 2.75) is 25.2 Å². The van der Waals surface area contributed by atoms with Crippen LogP contribution in [0, 0.1) is 5.92 Å². The van der Waals surface area contributed by atoms with Gasteiger partial charge in [-0.3, -0.25) is 9.59 Å². The van der Waals surface area contributed by atoms with Crippen LogP contribution < -0.4 is 0 Å². The Bertz CT molecular complexity index is 751. The lowest BCUT2D eigenvalue weighted by atomic mass is 9.93. The van der Waals surface area contributed by atoms with Crippen LogP contribution in [0.3, 0.4) is 0 Å². The molecule has 0 radical (unpaired) electrons. The minimum atomic E-state index is -0.175. The van der Waals surface area contributed by atoms with Gasteiger partial charge < -0.3 is 14.8 Å². The van der Waals surface area contributed by atoms with Crippen LogP contribution in [0.25, 0.3) is 11.0 Å². The zero-order chi connectivity index (χ0) is 16.7. The summed E-state index contributed by atoms with van der Waals surface area (Å²) in [6.45, 7) is 2.07. The number of carbonyl (C=O) groups excluding carboxylic acids is 2. The maximum absolute atomic E-state index is 12.8. The van der Waals surface area contributed by atoms with Gasteiger partial charge in [0.1, 0.15) is 5.65 Å². The van der Waals surface area contributed by atoms with E-state index in [-0.39, 0.29) is 17.7 Å². The van der Waals surface area contributed by atoms with Crippen LogP contribution in [0.1, 0.15) is 30.9 Å². The average Bonchev–Trinajstić information content (AvgIpc) is 3.18. The van der Waals surface area contributed by atoms with Crippen molar-refractivity contribution in [3.63, 3.8) is 0 Å². The summed E-state index contributed by atoms with van der Waals surface area (Å²) < 4.78 is 0. The minimum Gasteiger partial charge on any atom is -0.345 e. The number of nitrogens with one attached hydrogen (secondary N) is 1. The van der Waals surface area contributed by atoms with Crippen molar-refractivity contribution in [1.29, 1.82) is 0 Å². The van der Waals surface area contributed by atoms with E-state index in [9.17, 15) is 9.59 Å². The summed E-state index contributed by atoms with van der Waals surface area (Å²) in [4.78, 5) is 35.8. The van der Waals surface area contributed by atoms with Crippen molar-refractivity contribution < 1.29 is 9.59 Å². The van der Waals surface area contributed by atoms with Crippen molar-refractivity contribution in [1.82, 2.24) is 19.8 Å². The van der Waals surface area contributed by atoms with Gasteiger partial charge in [-0.25, -0.2) is 4.98 Å². The Morgan fingerprint density at radius 1 is 1.38 bits per heavy atom. The van der Waals surface area contributed by atoms with E-state index in [1.165, 1.54) is 0 Å². The van der Waals surface area contributed by atoms with Gasteiger partial charge in [0.05, 0.1) is 5.92 Å². The quantitative estimate of drug-likeness (QED) is 0.914. The van der Waals surface area contributed by atoms with Crippen LogP contribution in [0.2, 0.25) is 0 Å². The molecule has 4 heterocycles. The Hall–Kier alpha value is -2.37. The van der Waals surface area contributed by atoms with Gasteiger partial charge in [-0.2, -0.15) is 0 Å². The number of aromatic nitrogens is 2. The zero-order valence-corrected chi connectivity index (χ0v) is 13.9. The maximum atomic E-state index is 12.8. The molecule has 6 heteroatoms. The van der Waals surface area contributed by atoms with Crippen molar-refractivity contribution in [2.24, 2.45) is 5.92 Å². The van der Waals surface area contributed by atoms with Gasteiger partial charge in [0.25, 0.3) is 0 Å². The lowest BCUT2D eigenvalue weighted by molar-refractivity contribution is -0.137. The molecule has 1 N–H and O–H groups in total. The van der Waals surface area contributed by atoms with Crippen molar-refractivity contribution in [3.8, 4) is 0 Å². The van der Waals surface area contributed by atoms with Gasteiger partial charge >= 0.3 is 0 Å². The molecule has 4 rings (SSSR count). The third kappa shape index (κ3) is 2.66. The SMILES string of the molecule is CN1C[C@@H](C(=O)N2CCC[C@@H](c3cc4cccnc4[nH]3)C2)CC1=O. The number of H-pyrrole nitrogens is 1. The first-order valence-electron chi connectivity index (χ1n) is 8.58. The van der Waals surface area contributed by atoms with Crippen LogP contribution in [0.15, 0.2) is 24.4 Å². The van der Waals surface area contributed by atoms with E-state index in [1.54, 1.807) is 18.1 Å². The van der Waals surface area contributed by atoms with E-state index in [0.29, 0.717) is 18.9 Å². The van der Waals surface area contributed by atoms with Gasteiger partial charge in [-0.05, 0) is 31.0 Å². The predicted octanol–water partition coefficient (Wildman–Crippen LogP) is 1.75. The molecule has 0 saturated carbocycles. The number of amides is 2. The molecule has 0 bridgehead atoms. The van der Waals surface area contributed by atoms with Crippen LogP contribution >= 0.6 is 0 Å². The number of aromatic amines is 1. The Balaban J connectivity index is 1.49. The van der Waals surface area contributed by atoms with Crippen LogP contribution in [-0.4, -0.2) is 58.3 Å². The van der Waals surface area contributed by atoms with Crippen molar-refractivity contribution >= 4 is 22.8 Å². The second-order valence-electron chi connectivity index (χ2n) is 6.96. The van der Waals surface area contributed by atoms with E-state index in [4.69, 9.17) is 0 Å². The fourth-order valence-electron chi connectivity index (χ4n) is 3.92. The van der Waals surface area contributed by atoms with Gasteiger partial charge in [-0.1, -0.05) is 0 Å². The number of nitrogens with zero attached hydrogens (tertiary/aromatic N) is 3. The third-order valence-electron chi connectivity index (χ3n) is 5.28. The fourth-order valence-corrected chi connectivity index (χ4v) is 3.92. The molecular weight excluding hydrogens is 304 g/mol. The molecule has 6 nitrogen and oxygen atoms in total. The molecule has 2 aliphatic rings. The molecule has 0 aromatic carbocycles. The van der Waals surface area contributed by atoms with Gasteiger partial charge in [0.15, 0.2) is 0 Å². The zero-order valence-electron chi connectivity index (χ0n) is 13.9. The van der Waals surface area contributed by atoms with Gasteiger partial charge in [0, 0.05) is 56.3 Å². The highest BCUT2D eigenvalue weighted by Gasteiger charge is 2.36. The summed E-state index contributed by atoms with van der Waals surface area (Å²) in [5, 5.41) is 1.11. The summed E-state index contributed by atoms with van der Waals surface area (Å²) >= 11 is 0. The molecule has 0 unspecified atom stereocenters. The van der Waals surface area contributed by atoms with E-state index in [2.05, 4.69) is 16.0 Å². The second-order valence-corrected chi connectivity index (χ2v) is 6.96. The van der Waals surface area contributed by atoms with Gasteiger partial charge in [0.2, 0.25) is 11.8 Å². The Morgan fingerprint density at radius 2 is 2.25 bits per heavy atom. The fraction of sp³-hybridized carbons (Fsp3) is 0.500. The first kappa shape index (κ1) is 15.2. The van der Waals surface area contributed by atoms with E-state index in [1.807, 2.05) is 17.0 Å². The van der Waals surface area contributed by atoms with Crippen molar-refractivity contribution in [3.05, 3.63) is 30.1 Å². The molecule has 0 spiro atoms. The van der Waals surface area contributed by atoms with Crippen LogP contribution in [0.4, 0.5) is 0 Å². The average molecular weight is 326 g/mol. The first-order chi connectivity index (χ1) is 11.6. The first-order valence-corrected chi connectivity index (χ1v) is 8.58.